The van der Waals surface area contributed by atoms with Gasteiger partial charge in [-0.2, -0.15) is 0 Å². The molecule has 0 saturated heterocycles. The number of nitrogens with one attached hydrogen (secondary N) is 1. The molecule has 4 heteroatoms. The Hall–Kier alpha value is -2.33. The predicted octanol–water partition coefficient (Wildman–Crippen LogP) is 5.50. The summed E-state index contributed by atoms with van der Waals surface area (Å²) in [6.07, 6.45) is 2.14. The van der Waals surface area contributed by atoms with Crippen molar-refractivity contribution in [3.8, 4) is 5.75 Å². The summed E-state index contributed by atoms with van der Waals surface area (Å²) >= 11 is 3.40. The lowest BCUT2D eigenvalue weighted by Crippen LogP contribution is -2.42. The van der Waals surface area contributed by atoms with Crippen molar-refractivity contribution in [3.05, 3.63) is 70.2 Å². The van der Waals surface area contributed by atoms with Gasteiger partial charge in [-0.1, -0.05) is 40.2 Å². The average molecular weight is 410 g/mol. The molecular formula is C22H20BrNO2. The number of hydrogen-bond donors (Lipinski definition) is 1. The molecule has 0 fully saturated rings. The number of aryl methyl sites for hydroxylation is 2. The van der Waals surface area contributed by atoms with Crippen LogP contribution in [-0.2, 0) is 17.6 Å². The van der Waals surface area contributed by atoms with Crippen LogP contribution in [0.1, 0.15) is 25.0 Å². The summed E-state index contributed by atoms with van der Waals surface area (Å²) in [7, 11) is 0. The first-order valence-electron chi connectivity index (χ1n) is 8.73. The van der Waals surface area contributed by atoms with E-state index >= 15 is 0 Å². The van der Waals surface area contributed by atoms with E-state index in [2.05, 4.69) is 45.5 Å². The van der Waals surface area contributed by atoms with Crippen LogP contribution in [0.3, 0.4) is 0 Å². The van der Waals surface area contributed by atoms with E-state index in [0.29, 0.717) is 5.75 Å². The number of hydrogen-bond acceptors (Lipinski definition) is 2. The second kappa shape index (κ2) is 6.44. The number of amides is 1. The van der Waals surface area contributed by atoms with Crippen molar-refractivity contribution in [2.45, 2.75) is 32.3 Å². The molecule has 1 aliphatic carbocycles. The van der Waals surface area contributed by atoms with E-state index in [1.165, 1.54) is 16.5 Å². The van der Waals surface area contributed by atoms with Crippen LogP contribution in [0.15, 0.2) is 59.1 Å². The lowest BCUT2D eigenvalue weighted by molar-refractivity contribution is -0.128. The Bertz CT molecular complexity index is 983. The molecule has 0 saturated carbocycles. The van der Waals surface area contributed by atoms with Crippen molar-refractivity contribution >= 4 is 38.3 Å². The Balaban J connectivity index is 1.60. The molecule has 0 heterocycles. The maximum Gasteiger partial charge on any atom is 0.267 e. The maximum atomic E-state index is 12.9. The summed E-state index contributed by atoms with van der Waals surface area (Å²) in [4.78, 5) is 12.9. The molecule has 26 heavy (non-hydrogen) atoms. The van der Waals surface area contributed by atoms with Crippen LogP contribution in [0.4, 0.5) is 5.69 Å². The fourth-order valence-corrected chi connectivity index (χ4v) is 3.74. The fourth-order valence-electron chi connectivity index (χ4n) is 3.47. The second-order valence-corrected chi connectivity index (χ2v) is 8.05. The van der Waals surface area contributed by atoms with Gasteiger partial charge >= 0.3 is 0 Å². The highest BCUT2D eigenvalue weighted by atomic mass is 79.9. The Kier molecular flexibility index (Phi) is 4.23. The molecule has 0 radical (unpaired) electrons. The fraction of sp³-hybridized carbons (Fsp3) is 0.227. The molecule has 4 rings (SSSR count). The van der Waals surface area contributed by atoms with Crippen LogP contribution in [0, 0.1) is 0 Å². The minimum atomic E-state index is -0.989. The van der Waals surface area contributed by atoms with E-state index in [0.717, 1.165) is 28.4 Å². The van der Waals surface area contributed by atoms with Gasteiger partial charge in [0, 0.05) is 15.5 Å². The number of rotatable bonds is 4. The predicted molar refractivity (Wildman–Crippen MR) is 109 cm³/mol. The van der Waals surface area contributed by atoms with Crippen LogP contribution < -0.4 is 10.1 Å². The zero-order valence-electron chi connectivity index (χ0n) is 14.8. The van der Waals surface area contributed by atoms with E-state index in [-0.39, 0.29) is 5.91 Å². The van der Waals surface area contributed by atoms with E-state index < -0.39 is 5.60 Å². The molecule has 1 N–H and O–H groups in total. The Morgan fingerprint density at radius 1 is 1.00 bits per heavy atom. The van der Waals surface area contributed by atoms with Crippen LogP contribution in [0.25, 0.3) is 10.8 Å². The third-order valence-electron chi connectivity index (χ3n) is 4.86. The maximum absolute atomic E-state index is 12.9. The van der Waals surface area contributed by atoms with Gasteiger partial charge in [0.05, 0.1) is 0 Å². The largest absolute Gasteiger partial charge is 0.478 e. The minimum Gasteiger partial charge on any atom is -0.478 e. The van der Waals surface area contributed by atoms with Gasteiger partial charge in [0.2, 0.25) is 0 Å². The van der Waals surface area contributed by atoms with Crippen LogP contribution in [0.5, 0.6) is 5.75 Å². The number of carbonyl (C=O) groups is 1. The minimum absolute atomic E-state index is 0.167. The number of ether oxygens (including phenoxy) is 1. The molecule has 132 valence electrons. The van der Waals surface area contributed by atoms with Crippen molar-refractivity contribution in [1.82, 2.24) is 0 Å². The van der Waals surface area contributed by atoms with Gasteiger partial charge in [-0.15, -0.1) is 0 Å². The topological polar surface area (TPSA) is 38.3 Å². The van der Waals surface area contributed by atoms with Crippen molar-refractivity contribution in [1.29, 1.82) is 0 Å². The molecule has 3 aromatic carbocycles. The second-order valence-electron chi connectivity index (χ2n) is 7.13. The highest BCUT2D eigenvalue weighted by Gasteiger charge is 2.30. The molecule has 0 spiro atoms. The van der Waals surface area contributed by atoms with E-state index in [1.54, 1.807) is 13.8 Å². The summed E-state index contributed by atoms with van der Waals surface area (Å²) in [6.45, 7) is 3.56. The van der Waals surface area contributed by atoms with Gasteiger partial charge in [0.15, 0.2) is 5.60 Å². The van der Waals surface area contributed by atoms with E-state index in [9.17, 15) is 4.79 Å². The van der Waals surface area contributed by atoms with Crippen molar-refractivity contribution in [2.24, 2.45) is 0 Å². The third kappa shape index (κ3) is 3.10. The first kappa shape index (κ1) is 17.1. The van der Waals surface area contributed by atoms with Crippen LogP contribution >= 0.6 is 15.9 Å². The average Bonchev–Trinajstić information content (AvgIpc) is 3.04. The molecule has 0 aromatic heterocycles. The quantitative estimate of drug-likeness (QED) is 0.617. The summed E-state index contributed by atoms with van der Waals surface area (Å²) in [5.74, 6) is 0.493. The smallest absolute Gasteiger partial charge is 0.267 e. The zero-order chi connectivity index (χ0) is 18.3. The molecule has 0 unspecified atom stereocenters. The number of carbonyl (C=O) groups excluding carboxylic acids is 1. The van der Waals surface area contributed by atoms with Crippen molar-refractivity contribution in [2.75, 3.05) is 5.32 Å². The van der Waals surface area contributed by atoms with Crippen LogP contribution in [0.2, 0.25) is 0 Å². The van der Waals surface area contributed by atoms with Gasteiger partial charge in [-0.25, -0.2) is 0 Å². The number of benzene rings is 3. The number of halogens is 1. The van der Waals surface area contributed by atoms with Gasteiger partial charge in [0.25, 0.3) is 5.91 Å². The van der Waals surface area contributed by atoms with Gasteiger partial charge < -0.3 is 10.1 Å². The molecule has 0 atom stereocenters. The standard InChI is InChI=1S/C22H20BrNO2/c1-22(2,26-17-11-9-16(23)10-12-17)21(25)24-19-13-8-15-7-6-14-4-3-5-18(19)20(14)15/h3-5,8-13H,6-7H2,1-2H3,(H,24,25). The van der Waals surface area contributed by atoms with Crippen molar-refractivity contribution < 1.29 is 9.53 Å². The summed E-state index contributed by atoms with van der Waals surface area (Å²) < 4.78 is 6.90. The molecule has 1 amide bonds. The molecule has 3 aromatic rings. The summed E-state index contributed by atoms with van der Waals surface area (Å²) in [5, 5.41) is 5.46. The van der Waals surface area contributed by atoms with Gasteiger partial charge in [-0.05, 0) is 73.5 Å². The van der Waals surface area contributed by atoms with Crippen molar-refractivity contribution in [3.63, 3.8) is 0 Å². The Morgan fingerprint density at radius 2 is 1.69 bits per heavy atom. The summed E-state index contributed by atoms with van der Waals surface area (Å²) in [5.41, 5.74) is 2.57. The first-order chi connectivity index (χ1) is 12.4. The highest BCUT2D eigenvalue weighted by molar-refractivity contribution is 9.10. The molecule has 0 bridgehead atoms. The highest BCUT2D eigenvalue weighted by Crippen LogP contribution is 2.35. The lowest BCUT2D eigenvalue weighted by Gasteiger charge is -2.25. The number of anilines is 1. The van der Waals surface area contributed by atoms with E-state index in [1.807, 2.05) is 30.3 Å². The van der Waals surface area contributed by atoms with Gasteiger partial charge in [-0.3, -0.25) is 4.79 Å². The third-order valence-corrected chi connectivity index (χ3v) is 5.39. The molecule has 3 nitrogen and oxygen atoms in total. The summed E-state index contributed by atoms with van der Waals surface area (Å²) in [6, 6.07) is 17.9. The van der Waals surface area contributed by atoms with Gasteiger partial charge in [0.1, 0.15) is 5.75 Å². The molecule has 1 aliphatic rings. The molecular weight excluding hydrogens is 390 g/mol. The van der Waals surface area contributed by atoms with E-state index in [4.69, 9.17) is 4.74 Å². The first-order valence-corrected chi connectivity index (χ1v) is 9.53. The molecule has 0 aliphatic heterocycles. The monoisotopic (exact) mass is 409 g/mol. The van der Waals surface area contributed by atoms with Crippen LogP contribution in [-0.4, -0.2) is 11.5 Å². The Morgan fingerprint density at radius 3 is 2.42 bits per heavy atom. The normalized spacial score (nSPS) is 13.0. The SMILES string of the molecule is CC(C)(Oc1ccc(Br)cc1)C(=O)Nc1ccc2c3c(cccc13)CC2. The zero-order valence-corrected chi connectivity index (χ0v) is 16.4. The Labute approximate surface area is 161 Å². The lowest BCUT2D eigenvalue weighted by atomic mass is 10.0.